The first kappa shape index (κ1) is 12.5. The molecule has 0 fully saturated rings. The summed E-state index contributed by atoms with van der Waals surface area (Å²) >= 11 is 3.44. The summed E-state index contributed by atoms with van der Waals surface area (Å²) in [5, 5.41) is 19.0. The molecule has 0 unspecified atom stereocenters. The van der Waals surface area contributed by atoms with Crippen LogP contribution < -0.4 is 4.74 Å². The van der Waals surface area contributed by atoms with E-state index in [4.69, 9.17) is 4.74 Å². The minimum atomic E-state index is -0.213. The van der Waals surface area contributed by atoms with E-state index in [-0.39, 0.29) is 24.4 Å². The van der Waals surface area contributed by atoms with Crippen LogP contribution in [0.25, 0.3) is 0 Å². The van der Waals surface area contributed by atoms with Gasteiger partial charge in [-0.3, -0.25) is 0 Å². The third-order valence-corrected chi connectivity index (χ3v) is 3.90. The molecule has 0 aliphatic carbocycles. The molecule has 3 nitrogen and oxygen atoms in total. The van der Waals surface area contributed by atoms with Crippen LogP contribution in [0.2, 0.25) is 0 Å². The van der Waals surface area contributed by atoms with E-state index in [1.165, 1.54) is 0 Å². The molecule has 3 rings (SSSR count). The summed E-state index contributed by atoms with van der Waals surface area (Å²) in [5.41, 5.74) is 1.96. The standard InChI is InChI=1S/C15H13BrO3/c16-10-3-6-14-12(7-10)13(8-17)15(19-14)9-1-4-11(18)5-2-9/h1-7,13,15,17-18H,8H2/t13-,15+/m0/s1. The minimum Gasteiger partial charge on any atom is -0.508 e. The Morgan fingerprint density at radius 3 is 2.53 bits per heavy atom. The molecule has 0 amide bonds. The zero-order valence-corrected chi connectivity index (χ0v) is 11.7. The van der Waals surface area contributed by atoms with Crippen LogP contribution in [-0.2, 0) is 0 Å². The third-order valence-electron chi connectivity index (χ3n) is 3.41. The predicted molar refractivity (Wildman–Crippen MR) is 75.4 cm³/mol. The Kier molecular flexibility index (Phi) is 3.21. The fourth-order valence-electron chi connectivity index (χ4n) is 2.46. The molecule has 2 aromatic rings. The number of phenols is 1. The van der Waals surface area contributed by atoms with Crippen LogP contribution in [0.4, 0.5) is 0 Å². The number of fused-ring (bicyclic) bond motifs is 1. The maximum Gasteiger partial charge on any atom is 0.133 e. The summed E-state index contributed by atoms with van der Waals surface area (Å²) in [5.74, 6) is 0.944. The van der Waals surface area contributed by atoms with Gasteiger partial charge in [0.15, 0.2) is 0 Å². The Labute approximate surface area is 119 Å². The summed E-state index contributed by atoms with van der Waals surface area (Å²) < 4.78 is 6.90. The summed E-state index contributed by atoms with van der Waals surface area (Å²) in [7, 11) is 0. The SMILES string of the molecule is OC[C@H]1c2cc(Br)ccc2O[C@@H]1c1ccc(O)cc1. The van der Waals surface area contributed by atoms with Gasteiger partial charge in [-0.25, -0.2) is 0 Å². The lowest BCUT2D eigenvalue weighted by Gasteiger charge is -2.17. The van der Waals surface area contributed by atoms with Crippen LogP contribution in [0.3, 0.4) is 0 Å². The van der Waals surface area contributed by atoms with Crippen molar-refractivity contribution < 1.29 is 14.9 Å². The first-order chi connectivity index (χ1) is 9.19. The van der Waals surface area contributed by atoms with Crippen LogP contribution in [0.15, 0.2) is 46.9 Å². The van der Waals surface area contributed by atoms with Crippen molar-refractivity contribution in [1.29, 1.82) is 0 Å². The quantitative estimate of drug-likeness (QED) is 0.892. The highest BCUT2D eigenvalue weighted by molar-refractivity contribution is 9.10. The van der Waals surface area contributed by atoms with E-state index < -0.39 is 0 Å². The number of aliphatic hydroxyl groups is 1. The highest BCUT2D eigenvalue weighted by Crippen LogP contribution is 2.46. The van der Waals surface area contributed by atoms with E-state index >= 15 is 0 Å². The van der Waals surface area contributed by atoms with Gasteiger partial charge in [0.2, 0.25) is 0 Å². The fourth-order valence-corrected chi connectivity index (χ4v) is 2.84. The Bertz CT molecular complexity index is 595. The molecule has 2 N–H and O–H groups in total. The Balaban J connectivity index is 1.99. The molecule has 2 aromatic carbocycles. The van der Waals surface area contributed by atoms with Gasteiger partial charge in [0, 0.05) is 10.0 Å². The smallest absolute Gasteiger partial charge is 0.133 e. The monoisotopic (exact) mass is 320 g/mol. The van der Waals surface area contributed by atoms with Gasteiger partial charge in [0.25, 0.3) is 0 Å². The van der Waals surface area contributed by atoms with Gasteiger partial charge >= 0.3 is 0 Å². The lowest BCUT2D eigenvalue weighted by Crippen LogP contribution is -2.13. The van der Waals surface area contributed by atoms with E-state index in [0.717, 1.165) is 21.3 Å². The van der Waals surface area contributed by atoms with Gasteiger partial charge < -0.3 is 14.9 Å². The van der Waals surface area contributed by atoms with E-state index in [0.29, 0.717) is 0 Å². The van der Waals surface area contributed by atoms with Crippen molar-refractivity contribution in [2.45, 2.75) is 12.0 Å². The molecule has 1 heterocycles. The van der Waals surface area contributed by atoms with Crippen molar-refractivity contribution in [3.8, 4) is 11.5 Å². The number of ether oxygens (including phenoxy) is 1. The molecule has 0 saturated heterocycles. The first-order valence-electron chi connectivity index (χ1n) is 6.05. The lowest BCUT2D eigenvalue weighted by atomic mass is 9.92. The molecule has 1 aliphatic heterocycles. The molecule has 2 atom stereocenters. The van der Waals surface area contributed by atoms with Gasteiger partial charge in [0.05, 0.1) is 12.5 Å². The normalized spacial score (nSPS) is 20.9. The second-order valence-corrected chi connectivity index (χ2v) is 5.52. The second-order valence-electron chi connectivity index (χ2n) is 4.60. The molecular formula is C15H13BrO3. The van der Waals surface area contributed by atoms with Crippen LogP contribution >= 0.6 is 15.9 Å². The Morgan fingerprint density at radius 2 is 1.84 bits per heavy atom. The average molecular weight is 321 g/mol. The lowest BCUT2D eigenvalue weighted by molar-refractivity contribution is 0.160. The maximum absolute atomic E-state index is 9.65. The number of rotatable bonds is 2. The molecule has 4 heteroatoms. The zero-order valence-electron chi connectivity index (χ0n) is 10.1. The van der Waals surface area contributed by atoms with Crippen molar-refractivity contribution >= 4 is 15.9 Å². The largest absolute Gasteiger partial charge is 0.508 e. The van der Waals surface area contributed by atoms with E-state index in [1.807, 2.05) is 30.3 Å². The molecule has 0 spiro atoms. The highest BCUT2D eigenvalue weighted by atomic mass is 79.9. The number of aliphatic hydroxyl groups excluding tert-OH is 1. The molecular weight excluding hydrogens is 308 g/mol. The van der Waals surface area contributed by atoms with Crippen molar-refractivity contribution in [1.82, 2.24) is 0 Å². The van der Waals surface area contributed by atoms with Gasteiger partial charge in [-0.2, -0.15) is 0 Å². The highest BCUT2D eigenvalue weighted by Gasteiger charge is 2.35. The van der Waals surface area contributed by atoms with Crippen LogP contribution in [0, 0.1) is 0 Å². The molecule has 19 heavy (non-hydrogen) atoms. The molecule has 98 valence electrons. The van der Waals surface area contributed by atoms with Crippen LogP contribution in [0.5, 0.6) is 11.5 Å². The molecule has 0 aromatic heterocycles. The molecule has 0 bridgehead atoms. The van der Waals surface area contributed by atoms with Crippen molar-refractivity contribution in [3.05, 3.63) is 58.1 Å². The van der Waals surface area contributed by atoms with Crippen LogP contribution in [0.1, 0.15) is 23.1 Å². The summed E-state index contributed by atoms with van der Waals surface area (Å²) in [6.07, 6.45) is -0.213. The van der Waals surface area contributed by atoms with Crippen LogP contribution in [-0.4, -0.2) is 16.8 Å². The zero-order chi connectivity index (χ0) is 13.4. The van der Waals surface area contributed by atoms with Gasteiger partial charge in [0.1, 0.15) is 17.6 Å². The number of aromatic hydroxyl groups is 1. The summed E-state index contributed by atoms with van der Waals surface area (Å²) in [4.78, 5) is 0. The molecule has 1 aliphatic rings. The number of benzene rings is 2. The maximum atomic E-state index is 9.65. The van der Waals surface area contributed by atoms with E-state index in [1.54, 1.807) is 12.1 Å². The van der Waals surface area contributed by atoms with Crippen molar-refractivity contribution in [3.63, 3.8) is 0 Å². The Morgan fingerprint density at radius 1 is 1.11 bits per heavy atom. The topological polar surface area (TPSA) is 49.7 Å². The average Bonchev–Trinajstić information content (AvgIpc) is 2.77. The molecule has 0 saturated carbocycles. The fraction of sp³-hybridized carbons (Fsp3) is 0.200. The third kappa shape index (κ3) is 2.22. The number of phenolic OH excluding ortho intramolecular Hbond substituents is 1. The number of hydrogen-bond donors (Lipinski definition) is 2. The van der Waals surface area contributed by atoms with Gasteiger partial charge in [-0.1, -0.05) is 28.1 Å². The molecule has 0 radical (unpaired) electrons. The predicted octanol–water partition coefficient (Wildman–Crippen LogP) is 3.36. The van der Waals surface area contributed by atoms with Crippen molar-refractivity contribution in [2.75, 3.05) is 6.61 Å². The minimum absolute atomic E-state index is 0.0228. The first-order valence-corrected chi connectivity index (χ1v) is 6.84. The van der Waals surface area contributed by atoms with Crippen molar-refractivity contribution in [2.24, 2.45) is 0 Å². The Hall–Kier alpha value is -1.52. The van der Waals surface area contributed by atoms with E-state index in [9.17, 15) is 10.2 Å². The summed E-state index contributed by atoms with van der Waals surface area (Å²) in [6.45, 7) is 0.0228. The van der Waals surface area contributed by atoms with Gasteiger partial charge in [-0.15, -0.1) is 0 Å². The van der Waals surface area contributed by atoms with Gasteiger partial charge in [-0.05, 0) is 35.9 Å². The van der Waals surface area contributed by atoms with E-state index in [2.05, 4.69) is 15.9 Å². The number of hydrogen-bond acceptors (Lipinski definition) is 3. The summed E-state index contributed by atoms with van der Waals surface area (Å²) in [6, 6.07) is 12.7. The number of halogens is 1. The second kappa shape index (κ2) is 4.87.